The molecular weight excluding hydrogens is 346 g/mol. The van der Waals surface area contributed by atoms with E-state index in [-0.39, 0.29) is 12.5 Å². The van der Waals surface area contributed by atoms with E-state index >= 15 is 0 Å². The first-order valence-electron chi connectivity index (χ1n) is 7.86. The molecule has 25 heavy (non-hydrogen) atoms. The van der Waals surface area contributed by atoms with Gasteiger partial charge in [0.05, 0.1) is 12.1 Å². The standard InChI is InChI=1S/C16H20ClN5O3/c1-4-10(2)14(16(24)25-3)18-13(23)9-22-20-15(19-21-22)11-7-5-6-8-12(11)17/h5-8,10,14H,4,9H2,1-3H3,(H,18,23)/t10-,14+/m1/s1. The molecule has 2 aromatic rings. The SMILES string of the molecule is CC[C@@H](C)[C@H](NC(=O)Cn1nnc(-c2ccccc2Cl)n1)C(=O)OC. The molecule has 1 aromatic heterocycles. The van der Waals surface area contributed by atoms with Gasteiger partial charge < -0.3 is 10.1 Å². The summed E-state index contributed by atoms with van der Waals surface area (Å²) in [5.74, 6) is -0.617. The number of carbonyl (C=O) groups is 2. The largest absolute Gasteiger partial charge is 0.467 e. The molecule has 0 fully saturated rings. The minimum absolute atomic E-state index is 0.0567. The molecule has 1 aromatic carbocycles. The van der Waals surface area contributed by atoms with E-state index in [9.17, 15) is 9.59 Å². The van der Waals surface area contributed by atoms with E-state index in [4.69, 9.17) is 16.3 Å². The molecule has 0 spiro atoms. The van der Waals surface area contributed by atoms with Gasteiger partial charge in [-0.25, -0.2) is 4.79 Å². The van der Waals surface area contributed by atoms with Gasteiger partial charge in [0.2, 0.25) is 11.7 Å². The number of nitrogens with zero attached hydrogens (tertiary/aromatic N) is 4. The average Bonchev–Trinajstić information content (AvgIpc) is 3.06. The van der Waals surface area contributed by atoms with Crippen molar-refractivity contribution in [2.45, 2.75) is 32.9 Å². The Morgan fingerprint density at radius 1 is 1.36 bits per heavy atom. The molecule has 9 heteroatoms. The molecule has 1 heterocycles. The van der Waals surface area contributed by atoms with Crippen molar-refractivity contribution in [3.05, 3.63) is 29.3 Å². The van der Waals surface area contributed by atoms with Gasteiger partial charge in [-0.05, 0) is 23.3 Å². The molecule has 0 saturated carbocycles. The molecule has 1 N–H and O–H groups in total. The monoisotopic (exact) mass is 365 g/mol. The summed E-state index contributed by atoms with van der Waals surface area (Å²) < 4.78 is 4.74. The fourth-order valence-electron chi connectivity index (χ4n) is 2.20. The van der Waals surface area contributed by atoms with Crippen molar-refractivity contribution in [1.82, 2.24) is 25.5 Å². The number of nitrogens with one attached hydrogen (secondary N) is 1. The number of ether oxygens (including phenoxy) is 1. The Hall–Kier alpha value is -2.48. The van der Waals surface area contributed by atoms with E-state index in [1.807, 2.05) is 19.9 Å². The Labute approximate surface area is 150 Å². The maximum atomic E-state index is 12.2. The molecule has 2 rings (SSSR count). The third kappa shape index (κ3) is 4.76. The van der Waals surface area contributed by atoms with Crippen molar-refractivity contribution in [2.24, 2.45) is 5.92 Å². The van der Waals surface area contributed by atoms with Crippen LogP contribution in [0.1, 0.15) is 20.3 Å². The van der Waals surface area contributed by atoms with Crippen LogP contribution in [0.15, 0.2) is 24.3 Å². The number of aromatic nitrogens is 4. The van der Waals surface area contributed by atoms with Crippen molar-refractivity contribution in [3.8, 4) is 11.4 Å². The van der Waals surface area contributed by atoms with Gasteiger partial charge in [0, 0.05) is 5.56 Å². The van der Waals surface area contributed by atoms with Crippen LogP contribution in [0.2, 0.25) is 5.02 Å². The Balaban J connectivity index is 2.06. The zero-order valence-electron chi connectivity index (χ0n) is 14.3. The van der Waals surface area contributed by atoms with Crippen LogP contribution < -0.4 is 5.32 Å². The highest BCUT2D eigenvalue weighted by atomic mass is 35.5. The Kier molecular flexibility index (Phi) is 6.46. The zero-order chi connectivity index (χ0) is 18.4. The summed E-state index contributed by atoms with van der Waals surface area (Å²) in [4.78, 5) is 25.2. The summed E-state index contributed by atoms with van der Waals surface area (Å²) in [5.41, 5.74) is 0.628. The predicted octanol–water partition coefficient (Wildman–Crippen LogP) is 1.70. The van der Waals surface area contributed by atoms with E-state index in [0.717, 1.165) is 11.2 Å². The van der Waals surface area contributed by atoms with Crippen molar-refractivity contribution in [3.63, 3.8) is 0 Å². The summed E-state index contributed by atoms with van der Waals surface area (Å²) in [6.45, 7) is 3.63. The summed E-state index contributed by atoms with van der Waals surface area (Å²) in [6.07, 6.45) is 0.721. The molecule has 0 bridgehead atoms. The van der Waals surface area contributed by atoms with Crippen LogP contribution in [0, 0.1) is 5.92 Å². The third-order valence-electron chi connectivity index (χ3n) is 3.84. The highest BCUT2D eigenvalue weighted by Gasteiger charge is 2.27. The van der Waals surface area contributed by atoms with Gasteiger partial charge in [-0.1, -0.05) is 44.0 Å². The fourth-order valence-corrected chi connectivity index (χ4v) is 2.42. The van der Waals surface area contributed by atoms with Crippen LogP contribution in [0.5, 0.6) is 0 Å². The van der Waals surface area contributed by atoms with Crippen molar-refractivity contribution < 1.29 is 14.3 Å². The molecule has 0 aliphatic rings. The smallest absolute Gasteiger partial charge is 0.328 e. The first-order chi connectivity index (χ1) is 12.0. The molecule has 2 atom stereocenters. The second-order valence-corrected chi connectivity index (χ2v) is 5.98. The van der Waals surface area contributed by atoms with Crippen molar-refractivity contribution in [1.29, 1.82) is 0 Å². The van der Waals surface area contributed by atoms with Crippen LogP contribution in [0.4, 0.5) is 0 Å². The lowest BCUT2D eigenvalue weighted by Gasteiger charge is -2.21. The van der Waals surface area contributed by atoms with Crippen molar-refractivity contribution in [2.75, 3.05) is 7.11 Å². The lowest BCUT2D eigenvalue weighted by Crippen LogP contribution is -2.46. The highest BCUT2D eigenvalue weighted by Crippen LogP contribution is 2.23. The van der Waals surface area contributed by atoms with Gasteiger partial charge in [-0.2, -0.15) is 4.80 Å². The Morgan fingerprint density at radius 3 is 2.72 bits per heavy atom. The molecule has 0 radical (unpaired) electrons. The Morgan fingerprint density at radius 2 is 2.08 bits per heavy atom. The minimum Gasteiger partial charge on any atom is -0.467 e. The van der Waals surface area contributed by atoms with Crippen LogP contribution in [0.25, 0.3) is 11.4 Å². The number of amides is 1. The molecule has 1 amide bonds. The fraction of sp³-hybridized carbons (Fsp3) is 0.438. The summed E-state index contributed by atoms with van der Waals surface area (Å²) in [6, 6.07) is 6.37. The molecule has 0 aliphatic carbocycles. The Bertz CT molecular complexity index is 749. The highest BCUT2D eigenvalue weighted by molar-refractivity contribution is 6.33. The van der Waals surface area contributed by atoms with E-state index < -0.39 is 17.9 Å². The number of carbonyl (C=O) groups excluding carboxylic acids is 2. The number of hydrogen-bond acceptors (Lipinski definition) is 6. The first kappa shape index (κ1) is 18.9. The summed E-state index contributed by atoms with van der Waals surface area (Å²) in [7, 11) is 1.29. The molecule has 8 nitrogen and oxygen atoms in total. The summed E-state index contributed by atoms with van der Waals surface area (Å²) >= 11 is 6.10. The van der Waals surface area contributed by atoms with E-state index in [1.165, 1.54) is 7.11 Å². The van der Waals surface area contributed by atoms with E-state index in [0.29, 0.717) is 16.4 Å². The molecule has 0 aliphatic heterocycles. The third-order valence-corrected chi connectivity index (χ3v) is 4.17. The van der Waals surface area contributed by atoms with Crippen LogP contribution >= 0.6 is 11.6 Å². The number of esters is 1. The molecule has 134 valence electrons. The van der Waals surface area contributed by atoms with E-state index in [2.05, 4.69) is 20.7 Å². The maximum absolute atomic E-state index is 12.2. The lowest BCUT2D eigenvalue weighted by atomic mass is 9.99. The minimum atomic E-state index is -0.714. The van der Waals surface area contributed by atoms with Crippen LogP contribution in [-0.2, 0) is 20.9 Å². The van der Waals surface area contributed by atoms with Gasteiger partial charge in [-0.15, -0.1) is 10.2 Å². The topological polar surface area (TPSA) is 99.0 Å². The van der Waals surface area contributed by atoms with Gasteiger partial charge in [-0.3, -0.25) is 4.79 Å². The lowest BCUT2D eigenvalue weighted by molar-refractivity contribution is -0.146. The number of halogens is 1. The molecule has 0 saturated heterocycles. The molecular formula is C16H20ClN5O3. The summed E-state index contributed by atoms with van der Waals surface area (Å²) in [5, 5.41) is 15.1. The van der Waals surface area contributed by atoms with Gasteiger partial charge in [0.15, 0.2) is 0 Å². The van der Waals surface area contributed by atoms with Crippen molar-refractivity contribution >= 4 is 23.5 Å². The number of rotatable bonds is 7. The van der Waals surface area contributed by atoms with Gasteiger partial charge in [0.1, 0.15) is 12.6 Å². The van der Waals surface area contributed by atoms with Gasteiger partial charge in [0.25, 0.3) is 0 Å². The quantitative estimate of drug-likeness (QED) is 0.750. The second kappa shape index (κ2) is 8.57. The number of tetrazole rings is 1. The maximum Gasteiger partial charge on any atom is 0.328 e. The number of methoxy groups -OCH3 is 1. The van der Waals surface area contributed by atoms with E-state index in [1.54, 1.807) is 18.2 Å². The number of hydrogen-bond donors (Lipinski definition) is 1. The van der Waals surface area contributed by atoms with Crippen LogP contribution in [-0.4, -0.2) is 45.2 Å². The molecule has 0 unspecified atom stereocenters. The zero-order valence-corrected chi connectivity index (χ0v) is 15.0. The predicted molar refractivity (Wildman–Crippen MR) is 91.7 cm³/mol. The first-order valence-corrected chi connectivity index (χ1v) is 8.24. The van der Waals surface area contributed by atoms with Gasteiger partial charge >= 0.3 is 5.97 Å². The van der Waals surface area contributed by atoms with Crippen LogP contribution in [0.3, 0.4) is 0 Å². The normalized spacial score (nSPS) is 13.1. The average molecular weight is 366 g/mol. The number of benzene rings is 1. The second-order valence-electron chi connectivity index (χ2n) is 5.58.